The molecule has 2 atom stereocenters. The van der Waals surface area contributed by atoms with Crippen molar-refractivity contribution in [3.63, 3.8) is 0 Å². The van der Waals surface area contributed by atoms with E-state index in [1.54, 1.807) is 0 Å². The van der Waals surface area contributed by atoms with E-state index in [-0.39, 0.29) is 13.0 Å². The molecule has 2 N–H and O–H groups in total. The zero-order chi connectivity index (χ0) is 12.9. The van der Waals surface area contributed by atoms with Crippen LogP contribution in [-0.4, -0.2) is 37.3 Å². The molecule has 102 valence electrons. The number of nitrogens with zero attached hydrogens (tertiary/aromatic N) is 1. The summed E-state index contributed by atoms with van der Waals surface area (Å²) in [6, 6.07) is 0. The van der Waals surface area contributed by atoms with E-state index < -0.39 is 12.1 Å². The first-order valence-electron chi connectivity index (χ1n) is 6.46. The smallest absolute Gasteiger partial charge is 0.330 e. The van der Waals surface area contributed by atoms with E-state index in [4.69, 9.17) is 5.73 Å². The monoisotopic (exact) mass is 252 g/mol. The Morgan fingerprint density at radius 1 is 1.41 bits per heavy atom. The van der Waals surface area contributed by atoms with E-state index >= 15 is 0 Å². The van der Waals surface area contributed by atoms with Crippen LogP contribution in [-0.2, 0) is 0 Å². The molecule has 2 unspecified atom stereocenters. The van der Waals surface area contributed by atoms with Crippen LogP contribution in [0.5, 0.6) is 0 Å². The van der Waals surface area contributed by atoms with Crippen LogP contribution < -0.4 is 5.73 Å². The fourth-order valence-electron chi connectivity index (χ4n) is 2.55. The van der Waals surface area contributed by atoms with Crippen molar-refractivity contribution >= 4 is 0 Å². The predicted octanol–water partition coefficient (Wildman–Crippen LogP) is 2.64. The zero-order valence-electron chi connectivity index (χ0n) is 10.5. The number of alkyl halides is 3. The highest BCUT2D eigenvalue weighted by Crippen LogP contribution is 2.33. The molecule has 5 heteroatoms. The van der Waals surface area contributed by atoms with Gasteiger partial charge in [-0.15, -0.1) is 0 Å². The maximum Gasteiger partial charge on any atom is 0.393 e. The highest BCUT2D eigenvalue weighted by Gasteiger charge is 2.41. The molecule has 1 saturated heterocycles. The molecule has 0 aromatic rings. The summed E-state index contributed by atoms with van der Waals surface area (Å²) >= 11 is 0. The summed E-state index contributed by atoms with van der Waals surface area (Å²) in [5.41, 5.74) is 5.65. The van der Waals surface area contributed by atoms with Gasteiger partial charge in [0.25, 0.3) is 0 Å². The Bertz CT molecular complexity index is 218. The van der Waals surface area contributed by atoms with Gasteiger partial charge in [-0.3, -0.25) is 0 Å². The Hall–Kier alpha value is -0.290. The number of nitrogens with two attached hydrogens (primary N) is 1. The molecule has 0 bridgehead atoms. The van der Waals surface area contributed by atoms with E-state index in [9.17, 15) is 13.2 Å². The normalized spacial score (nSPS) is 24.9. The quantitative estimate of drug-likeness (QED) is 0.815. The van der Waals surface area contributed by atoms with Gasteiger partial charge in [-0.1, -0.05) is 13.3 Å². The van der Waals surface area contributed by atoms with Gasteiger partial charge < -0.3 is 10.6 Å². The van der Waals surface area contributed by atoms with Crippen molar-refractivity contribution in [1.82, 2.24) is 4.90 Å². The number of rotatable bonds is 5. The van der Waals surface area contributed by atoms with Crippen molar-refractivity contribution in [2.24, 2.45) is 17.6 Å². The van der Waals surface area contributed by atoms with Gasteiger partial charge in [-0.25, -0.2) is 0 Å². The molecular formula is C12H23F3N2. The Labute approximate surface area is 101 Å². The van der Waals surface area contributed by atoms with Crippen molar-refractivity contribution in [2.45, 2.75) is 38.8 Å². The van der Waals surface area contributed by atoms with Crippen molar-refractivity contribution < 1.29 is 13.2 Å². The fraction of sp³-hybridized carbons (Fsp3) is 1.00. The van der Waals surface area contributed by atoms with Crippen molar-refractivity contribution in [3.8, 4) is 0 Å². The SMILES string of the molecule is CCCC(CN)CN1CCCC(C(F)(F)F)C1. The first-order chi connectivity index (χ1) is 7.97. The summed E-state index contributed by atoms with van der Waals surface area (Å²) in [6.07, 6.45) is -1.07. The maximum atomic E-state index is 12.6. The molecule has 1 aliphatic rings. The number of halogens is 3. The first-order valence-corrected chi connectivity index (χ1v) is 6.46. The highest BCUT2D eigenvalue weighted by atomic mass is 19.4. The van der Waals surface area contributed by atoms with E-state index in [0.717, 1.165) is 25.9 Å². The van der Waals surface area contributed by atoms with E-state index in [2.05, 4.69) is 6.92 Å². The Morgan fingerprint density at radius 2 is 2.12 bits per heavy atom. The van der Waals surface area contributed by atoms with E-state index in [1.165, 1.54) is 0 Å². The van der Waals surface area contributed by atoms with Gasteiger partial charge in [0.05, 0.1) is 5.92 Å². The molecular weight excluding hydrogens is 229 g/mol. The fourth-order valence-corrected chi connectivity index (χ4v) is 2.55. The Balaban J connectivity index is 2.43. The van der Waals surface area contributed by atoms with Gasteiger partial charge in [0.2, 0.25) is 0 Å². The second-order valence-electron chi connectivity index (χ2n) is 5.03. The minimum atomic E-state index is -4.04. The second-order valence-corrected chi connectivity index (χ2v) is 5.03. The van der Waals surface area contributed by atoms with Crippen LogP contribution >= 0.6 is 0 Å². The highest BCUT2D eigenvalue weighted by molar-refractivity contribution is 4.79. The average Bonchev–Trinajstić information content (AvgIpc) is 2.28. The van der Waals surface area contributed by atoms with Crippen molar-refractivity contribution in [2.75, 3.05) is 26.2 Å². The third-order valence-corrected chi connectivity index (χ3v) is 3.52. The Kier molecular flexibility index (Phi) is 5.73. The minimum absolute atomic E-state index is 0.156. The predicted molar refractivity (Wildman–Crippen MR) is 62.7 cm³/mol. The van der Waals surface area contributed by atoms with Crippen LogP contribution in [0.3, 0.4) is 0 Å². The van der Waals surface area contributed by atoms with Crippen molar-refractivity contribution in [1.29, 1.82) is 0 Å². The molecule has 1 fully saturated rings. The maximum absolute atomic E-state index is 12.6. The topological polar surface area (TPSA) is 29.3 Å². The summed E-state index contributed by atoms with van der Waals surface area (Å²) < 4.78 is 37.9. The molecule has 0 amide bonds. The van der Waals surface area contributed by atoms with Crippen LogP contribution in [0.15, 0.2) is 0 Å². The average molecular weight is 252 g/mol. The number of hydrogen-bond donors (Lipinski definition) is 1. The van der Waals surface area contributed by atoms with Crippen LogP contribution in [0.2, 0.25) is 0 Å². The van der Waals surface area contributed by atoms with E-state index in [1.807, 2.05) is 4.90 Å². The van der Waals surface area contributed by atoms with Gasteiger partial charge >= 0.3 is 6.18 Å². The molecule has 0 aliphatic carbocycles. The molecule has 1 heterocycles. The summed E-state index contributed by atoms with van der Waals surface area (Å²) in [7, 11) is 0. The summed E-state index contributed by atoms with van der Waals surface area (Å²) in [5, 5.41) is 0. The third-order valence-electron chi connectivity index (χ3n) is 3.52. The lowest BCUT2D eigenvalue weighted by atomic mass is 9.95. The molecule has 2 nitrogen and oxygen atoms in total. The number of piperidine rings is 1. The second kappa shape index (κ2) is 6.59. The first kappa shape index (κ1) is 14.8. The van der Waals surface area contributed by atoms with Gasteiger partial charge in [0.15, 0.2) is 0 Å². The van der Waals surface area contributed by atoms with Crippen molar-refractivity contribution in [3.05, 3.63) is 0 Å². The minimum Gasteiger partial charge on any atom is -0.330 e. The van der Waals surface area contributed by atoms with Gasteiger partial charge in [0, 0.05) is 13.1 Å². The molecule has 0 radical (unpaired) electrons. The summed E-state index contributed by atoms with van der Waals surface area (Å²) in [6.45, 7) is 4.31. The lowest BCUT2D eigenvalue weighted by molar-refractivity contribution is -0.187. The molecule has 0 aromatic carbocycles. The van der Waals surface area contributed by atoms with Crippen LogP contribution in [0.25, 0.3) is 0 Å². The largest absolute Gasteiger partial charge is 0.393 e. The van der Waals surface area contributed by atoms with E-state index in [0.29, 0.717) is 18.9 Å². The molecule has 17 heavy (non-hydrogen) atoms. The zero-order valence-corrected chi connectivity index (χ0v) is 10.5. The van der Waals surface area contributed by atoms with Gasteiger partial charge in [0.1, 0.15) is 0 Å². The van der Waals surface area contributed by atoms with Crippen LogP contribution in [0.4, 0.5) is 13.2 Å². The van der Waals surface area contributed by atoms with Gasteiger partial charge in [-0.2, -0.15) is 13.2 Å². The molecule has 0 spiro atoms. The molecule has 0 saturated carbocycles. The number of likely N-dealkylation sites (tertiary alicyclic amines) is 1. The lowest BCUT2D eigenvalue weighted by Gasteiger charge is -2.35. The summed E-state index contributed by atoms with van der Waals surface area (Å²) in [5.74, 6) is -0.803. The standard InChI is InChI=1S/C12H23F3N2/c1-2-4-10(7-16)8-17-6-3-5-11(9-17)12(13,14)15/h10-11H,2-9,16H2,1H3. The molecule has 1 rings (SSSR count). The summed E-state index contributed by atoms with van der Waals surface area (Å²) in [4.78, 5) is 1.94. The van der Waals surface area contributed by atoms with Gasteiger partial charge in [-0.05, 0) is 38.3 Å². The Morgan fingerprint density at radius 3 is 2.65 bits per heavy atom. The van der Waals surface area contributed by atoms with Crippen LogP contribution in [0, 0.1) is 11.8 Å². The molecule has 0 aromatic heterocycles. The lowest BCUT2D eigenvalue weighted by Crippen LogP contribution is -2.44. The molecule has 1 aliphatic heterocycles. The third kappa shape index (κ3) is 4.84. The number of hydrogen-bond acceptors (Lipinski definition) is 2. The van der Waals surface area contributed by atoms with Crippen LogP contribution in [0.1, 0.15) is 32.6 Å².